The van der Waals surface area contributed by atoms with E-state index in [4.69, 9.17) is 4.74 Å². The molecule has 0 atom stereocenters. The molecule has 0 unspecified atom stereocenters. The van der Waals surface area contributed by atoms with E-state index < -0.39 is 0 Å². The Bertz CT molecular complexity index is 593. The van der Waals surface area contributed by atoms with Crippen molar-refractivity contribution in [1.82, 2.24) is 10.3 Å². The maximum atomic E-state index is 11.5. The first kappa shape index (κ1) is 9.15. The van der Waals surface area contributed by atoms with Crippen LogP contribution in [0.1, 0.15) is 15.9 Å². The fourth-order valence-electron chi connectivity index (χ4n) is 1.94. The van der Waals surface area contributed by atoms with Crippen LogP contribution in [0.3, 0.4) is 0 Å². The number of amides is 1. The van der Waals surface area contributed by atoms with E-state index in [1.54, 1.807) is 7.11 Å². The molecule has 1 amide bonds. The van der Waals surface area contributed by atoms with Gasteiger partial charge in [0, 0.05) is 23.6 Å². The maximum absolute atomic E-state index is 11.5. The number of hydrogen-bond acceptors (Lipinski definition) is 3. The van der Waals surface area contributed by atoms with Crippen molar-refractivity contribution in [2.75, 3.05) is 7.11 Å². The van der Waals surface area contributed by atoms with Gasteiger partial charge in [0.15, 0.2) is 0 Å². The molecular weight excluding hydrogens is 204 g/mol. The van der Waals surface area contributed by atoms with Gasteiger partial charge < -0.3 is 10.1 Å². The molecule has 0 bridgehead atoms. The molecule has 1 aliphatic heterocycles. The summed E-state index contributed by atoms with van der Waals surface area (Å²) in [6.07, 6.45) is 0. The third kappa shape index (κ3) is 1.23. The van der Waals surface area contributed by atoms with Crippen LogP contribution in [-0.2, 0) is 6.54 Å². The van der Waals surface area contributed by atoms with Crippen LogP contribution in [0.15, 0.2) is 24.3 Å². The summed E-state index contributed by atoms with van der Waals surface area (Å²) in [7, 11) is 1.58. The predicted octanol–water partition coefficient (Wildman–Crippen LogP) is 1.49. The minimum absolute atomic E-state index is 0.0264. The van der Waals surface area contributed by atoms with E-state index in [1.807, 2.05) is 24.3 Å². The fourth-order valence-corrected chi connectivity index (χ4v) is 1.94. The summed E-state index contributed by atoms with van der Waals surface area (Å²) in [6, 6.07) is 7.58. The van der Waals surface area contributed by atoms with Gasteiger partial charge in [0.25, 0.3) is 5.91 Å². The number of ether oxygens (including phenoxy) is 1. The molecule has 0 radical (unpaired) electrons. The van der Waals surface area contributed by atoms with Gasteiger partial charge in [-0.3, -0.25) is 4.79 Å². The molecule has 0 aliphatic carbocycles. The van der Waals surface area contributed by atoms with Gasteiger partial charge in [0.05, 0.1) is 12.6 Å². The molecule has 1 aliphatic rings. The third-order valence-electron chi connectivity index (χ3n) is 2.78. The third-order valence-corrected chi connectivity index (χ3v) is 2.78. The Hall–Kier alpha value is -2.10. The molecule has 0 saturated carbocycles. The number of methoxy groups -OCH3 is 1. The number of nitrogens with zero attached hydrogens (tertiary/aromatic N) is 1. The van der Waals surface area contributed by atoms with Crippen molar-refractivity contribution in [2.45, 2.75) is 6.54 Å². The highest BCUT2D eigenvalue weighted by atomic mass is 16.5. The van der Waals surface area contributed by atoms with E-state index in [-0.39, 0.29) is 5.91 Å². The average Bonchev–Trinajstić information content (AvgIpc) is 2.67. The molecule has 4 nitrogen and oxygen atoms in total. The summed E-state index contributed by atoms with van der Waals surface area (Å²) >= 11 is 0. The van der Waals surface area contributed by atoms with Gasteiger partial charge in [0.2, 0.25) is 5.88 Å². The molecule has 1 aromatic carbocycles. The molecule has 0 saturated heterocycles. The molecule has 4 heteroatoms. The van der Waals surface area contributed by atoms with Crippen LogP contribution in [-0.4, -0.2) is 18.0 Å². The lowest BCUT2D eigenvalue weighted by Gasteiger charge is -2.03. The second kappa shape index (κ2) is 3.20. The molecule has 2 aromatic rings. The number of rotatable bonds is 1. The summed E-state index contributed by atoms with van der Waals surface area (Å²) < 4.78 is 5.06. The highest BCUT2D eigenvalue weighted by molar-refractivity contribution is 6.01. The van der Waals surface area contributed by atoms with Crippen molar-refractivity contribution in [1.29, 1.82) is 0 Å². The number of nitrogens with one attached hydrogen (secondary N) is 1. The van der Waals surface area contributed by atoms with Crippen molar-refractivity contribution < 1.29 is 9.53 Å². The average molecular weight is 214 g/mol. The number of fused-ring (bicyclic) bond motifs is 2. The Morgan fingerprint density at radius 2 is 2.25 bits per heavy atom. The zero-order valence-corrected chi connectivity index (χ0v) is 8.78. The van der Waals surface area contributed by atoms with Crippen LogP contribution < -0.4 is 10.1 Å². The zero-order chi connectivity index (χ0) is 11.1. The first-order valence-electron chi connectivity index (χ1n) is 5.04. The summed E-state index contributed by atoms with van der Waals surface area (Å²) in [5.74, 6) is 0.535. The summed E-state index contributed by atoms with van der Waals surface area (Å²) in [6.45, 7) is 0.607. The van der Waals surface area contributed by atoms with Crippen molar-refractivity contribution in [2.24, 2.45) is 0 Å². The highest BCUT2D eigenvalue weighted by Gasteiger charge is 2.19. The van der Waals surface area contributed by atoms with Crippen molar-refractivity contribution in [3.63, 3.8) is 0 Å². The van der Waals surface area contributed by atoms with E-state index >= 15 is 0 Å². The molecular formula is C12H10N2O2. The molecule has 16 heavy (non-hydrogen) atoms. The molecule has 0 fully saturated rings. The van der Waals surface area contributed by atoms with Gasteiger partial charge in [-0.2, -0.15) is 0 Å². The number of pyridine rings is 1. The van der Waals surface area contributed by atoms with Crippen molar-refractivity contribution in [3.05, 3.63) is 35.4 Å². The van der Waals surface area contributed by atoms with Gasteiger partial charge in [-0.1, -0.05) is 0 Å². The van der Waals surface area contributed by atoms with Crippen molar-refractivity contribution >= 4 is 16.8 Å². The Balaban J connectivity index is 2.27. The topological polar surface area (TPSA) is 51.2 Å². The van der Waals surface area contributed by atoms with E-state index in [0.29, 0.717) is 18.0 Å². The van der Waals surface area contributed by atoms with Crippen LogP contribution in [0, 0.1) is 0 Å². The standard InChI is InChI=1S/C12H10N2O2/c1-16-11-3-2-7-4-8-6-13-12(15)9(8)5-10(7)14-11/h2-5H,6H2,1H3,(H,13,15). The highest BCUT2D eigenvalue weighted by Crippen LogP contribution is 2.24. The fraction of sp³-hybridized carbons (Fsp3) is 0.167. The first-order chi connectivity index (χ1) is 7.78. The van der Waals surface area contributed by atoms with Gasteiger partial charge in [-0.05, 0) is 23.8 Å². The Kier molecular flexibility index (Phi) is 1.83. The molecule has 80 valence electrons. The second-order valence-corrected chi connectivity index (χ2v) is 3.74. The number of benzene rings is 1. The number of aromatic nitrogens is 1. The van der Waals surface area contributed by atoms with Gasteiger partial charge >= 0.3 is 0 Å². The van der Waals surface area contributed by atoms with Gasteiger partial charge in [0.1, 0.15) is 0 Å². The van der Waals surface area contributed by atoms with Crippen LogP contribution in [0.2, 0.25) is 0 Å². The summed E-state index contributed by atoms with van der Waals surface area (Å²) in [5, 5.41) is 3.81. The van der Waals surface area contributed by atoms with Gasteiger partial charge in [-0.25, -0.2) is 4.98 Å². The smallest absolute Gasteiger partial charge is 0.251 e. The lowest BCUT2D eigenvalue weighted by molar-refractivity contribution is 0.0966. The molecule has 2 heterocycles. The lowest BCUT2D eigenvalue weighted by atomic mass is 10.1. The quantitative estimate of drug-likeness (QED) is 0.782. The van der Waals surface area contributed by atoms with Crippen molar-refractivity contribution in [3.8, 4) is 5.88 Å². The number of hydrogen-bond donors (Lipinski definition) is 1. The lowest BCUT2D eigenvalue weighted by Crippen LogP contribution is -2.12. The number of carbonyl (C=O) groups excluding carboxylic acids is 1. The monoisotopic (exact) mass is 214 g/mol. The van der Waals surface area contributed by atoms with Gasteiger partial charge in [-0.15, -0.1) is 0 Å². The molecule has 3 rings (SSSR count). The maximum Gasteiger partial charge on any atom is 0.251 e. The van der Waals surface area contributed by atoms with Crippen LogP contribution in [0.5, 0.6) is 5.88 Å². The Morgan fingerprint density at radius 1 is 1.38 bits per heavy atom. The Labute approximate surface area is 92.2 Å². The zero-order valence-electron chi connectivity index (χ0n) is 8.78. The normalized spacial score (nSPS) is 13.7. The van der Waals surface area contributed by atoms with E-state index in [0.717, 1.165) is 16.5 Å². The van der Waals surface area contributed by atoms with E-state index in [1.165, 1.54) is 0 Å². The molecule has 1 N–H and O–H groups in total. The minimum atomic E-state index is -0.0264. The minimum Gasteiger partial charge on any atom is -0.481 e. The van der Waals surface area contributed by atoms with Crippen LogP contribution in [0.25, 0.3) is 10.9 Å². The molecule has 0 spiro atoms. The Morgan fingerprint density at radius 3 is 3.06 bits per heavy atom. The SMILES string of the molecule is COc1ccc2cc3c(cc2n1)C(=O)NC3. The van der Waals surface area contributed by atoms with E-state index in [2.05, 4.69) is 10.3 Å². The van der Waals surface area contributed by atoms with Crippen LogP contribution in [0.4, 0.5) is 0 Å². The largest absolute Gasteiger partial charge is 0.481 e. The molecule has 1 aromatic heterocycles. The number of carbonyl (C=O) groups is 1. The summed E-state index contributed by atoms with van der Waals surface area (Å²) in [4.78, 5) is 15.8. The summed E-state index contributed by atoms with van der Waals surface area (Å²) in [5.41, 5.74) is 2.54. The van der Waals surface area contributed by atoms with E-state index in [9.17, 15) is 4.79 Å². The second-order valence-electron chi connectivity index (χ2n) is 3.74. The van der Waals surface area contributed by atoms with Crippen LogP contribution >= 0.6 is 0 Å². The first-order valence-corrected chi connectivity index (χ1v) is 5.04. The predicted molar refractivity (Wildman–Crippen MR) is 59.5 cm³/mol.